The van der Waals surface area contributed by atoms with Crippen LogP contribution in [0.3, 0.4) is 0 Å². The van der Waals surface area contributed by atoms with Crippen LogP contribution in [-0.2, 0) is 4.79 Å². The molecule has 0 aromatic heterocycles. The van der Waals surface area contributed by atoms with E-state index in [4.69, 9.17) is 0 Å². The molecule has 3 nitrogen and oxygen atoms in total. The van der Waals surface area contributed by atoms with Crippen LogP contribution in [0.4, 0.5) is 0 Å². The van der Waals surface area contributed by atoms with Crippen molar-refractivity contribution in [2.45, 2.75) is 32.1 Å². The molecule has 1 saturated heterocycles. The Balaban J connectivity index is 1.70. The van der Waals surface area contributed by atoms with E-state index in [1.54, 1.807) is 0 Å². The Kier molecular flexibility index (Phi) is 5.49. The summed E-state index contributed by atoms with van der Waals surface area (Å²) < 4.78 is 0. The molecule has 4 atom stereocenters. The van der Waals surface area contributed by atoms with Crippen molar-refractivity contribution in [2.75, 3.05) is 19.6 Å². The van der Waals surface area contributed by atoms with Gasteiger partial charge in [-0.05, 0) is 61.8 Å². The van der Waals surface area contributed by atoms with Crippen molar-refractivity contribution < 1.29 is 4.79 Å². The molecular formula is C19H28N2O. The zero-order valence-electron chi connectivity index (χ0n) is 13.3. The van der Waals surface area contributed by atoms with Gasteiger partial charge in [0.15, 0.2) is 0 Å². The summed E-state index contributed by atoms with van der Waals surface area (Å²) in [5.74, 6) is 2.54. The zero-order valence-corrected chi connectivity index (χ0v) is 13.3. The van der Waals surface area contributed by atoms with Crippen molar-refractivity contribution in [3.8, 4) is 0 Å². The summed E-state index contributed by atoms with van der Waals surface area (Å²) in [6, 6.07) is 0. The third kappa shape index (κ3) is 3.70. The first-order valence-corrected chi connectivity index (χ1v) is 8.83. The van der Waals surface area contributed by atoms with Crippen LogP contribution in [0.15, 0.2) is 36.1 Å². The molecule has 0 spiro atoms. The van der Waals surface area contributed by atoms with Gasteiger partial charge in [0, 0.05) is 25.4 Å². The Labute approximate surface area is 133 Å². The van der Waals surface area contributed by atoms with Gasteiger partial charge in [0.05, 0.1) is 0 Å². The molecule has 1 fully saturated rings. The standard InChI is InChI=1S/C19H28N2O/c22-12-2-1-3-16-7-11-21-14-19(16)18-5-4-15-6-9-20-10-8-17(15)13-18/h4-5,8,10,12-13,15-17,19-21H,1-3,6-7,9,11,14H2. The highest BCUT2D eigenvalue weighted by atomic mass is 16.1. The molecule has 2 aliphatic heterocycles. The van der Waals surface area contributed by atoms with Crippen LogP contribution in [0, 0.1) is 23.7 Å². The lowest BCUT2D eigenvalue weighted by molar-refractivity contribution is -0.108. The molecule has 0 amide bonds. The first kappa shape index (κ1) is 15.5. The Hall–Kier alpha value is -1.35. The highest BCUT2D eigenvalue weighted by Crippen LogP contribution is 2.36. The van der Waals surface area contributed by atoms with Gasteiger partial charge in [-0.1, -0.05) is 24.3 Å². The van der Waals surface area contributed by atoms with Gasteiger partial charge in [0.1, 0.15) is 6.29 Å². The summed E-state index contributed by atoms with van der Waals surface area (Å²) in [7, 11) is 0. The van der Waals surface area contributed by atoms with Crippen LogP contribution in [0.25, 0.3) is 0 Å². The predicted molar refractivity (Wildman–Crippen MR) is 90.3 cm³/mol. The van der Waals surface area contributed by atoms with Gasteiger partial charge in [-0.3, -0.25) is 0 Å². The van der Waals surface area contributed by atoms with Gasteiger partial charge in [-0.2, -0.15) is 0 Å². The van der Waals surface area contributed by atoms with Crippen molar-refractivity contribution >= 4 is 6.29 Å². The normalized spacial score (nSPS) is 34.3. The summed E-state index contributed by atoms with van der Waals surface area (Å²) in [6.45, 7) is 3.28. The lowest BCUT2D eigenvalue weighted by atomic mass is 9.74. The lowest BCUT2D eigenvalue weighted by Gasteiger charge is -2.35. The second-order valence-electron chi connectivity index (χ2n) is 6.83. The van der Waals surface area contributed by atoms with Crippen LogP contribution in [0.5, 0.6) is 0 Å². The minimum Gasteiger partial charge on any atom is -0.391 e. The summed E-state index contributed by atoms with van der Waals surface area (Å²) >= 11 is 0. The monoisotopic (exact) mass is 300 g/mol. The molecule has 2 N–H and O–H groups in total. The van der Waals surface area contributed by atoms with Gasteiger partial charge >= 0.3 is 0 Å². The van der Waals surface area contributed by atoms with Gasteiger partial charge < -0.3 is 15.4 Å². The van der Waals surface area contributed by atoms with E-state index in [1.807, 2.05) is 0 Å². The SMILES string of the molecule is O=CCCCC1CCNCC1C1=CC2C=CNCCC2C=C1. The van der Waals surface area contributed by atoms with E-state index >= 15 is 0 Å². The maximum absolute atomic E-state index is 10.6. The quantitative estimate of drug-likeness (QED) is 0.606. The predicted octanol–water partition coefficient (Wildman–Crippen LogP) is 2.82. The molecule has 1 aliphatic carbocycles. The van der Waals surface area contributed by atoms with E-state index in [-0.39, 0.29) is 0 Å². The molecule has 0 aromatic rings. The second-order valence-corrected chi connectivity index (χ2v) is 6.83. The number of hydrogen-bond acceptors (Lipinski definition) is 3. The van der Waals surface area contributed by atoms with Crippen LogP contribution in [0.1, 0.15) is 32.1 Å². The number of piperidine rings is 1. The van der Waals surface area contributed by atoms with Crippen LogP contribution >= 0.6 is 0 Å². The lowest BCUT2D eigenvalue weighted by Crippen LogP contribution is -2.38. The number of fused-ring (bicyclic) bond motifs is 1. The first-order chi connectivity index (χ1) is 10.9. The van der Waals surface area contributed by atoms with E-state index in [2.05, 4.69) is 41.1 Å². The van der Waals surface area contributed by atoms with Crippen molar-refractivity contribution in [3.05, 3.63) is 36.1 Å². The van der Waals surface area contributed by atoms with Gasteiger partial charge in [0.2, 0.25) is 0 Å². The molecular weight excluding hydrogens is 272 g/mol. The number of allylic oxidation sites excluding steroid dienone is 4. The molecule has 3 rings (SSSR count). The average Bonchev–Trinajstić information content (AvgIpc) is 2.80. The highest BCUT2D eigenvalue weighted by molar-refractivity contribution is 5.49. The number of aldehydes is 1. The molecule has 3 aliphatic rings. The molecule has 2 heterocycles. The summed E-state index contributed by atoms with van der Waals surface area (Å²) in [4.78, 5) is 10.6. The Morgan fingerprint density at radius 3 is 3.09 bits per heavy atom. The number of carbonyl (C=O) groups is 1. The largest absolute Gasteiger partial charge is 0.391 e. The number of rotatable bonds is 5. The maximum atomic E-state index is 10.6. The summed E-state index contributed by atoms with van der Waals surface area (Å²) in [6.07, 6.45) is 18.2. The van der Waals surface area contributed by atoms with E-state index in [0.717, 1.165) is 38.3 Å². The van der Waals surface area contributed by atoms with Crippen molar-refractivity contribution in [1.82, 2.24) is 10.6 Å². The number of hydrogen-bond donors (Lipinski definition) is 2. The maximum Gasteiger partial charge on any atom is 0.119 e. The van der Waals surface area contributed by atoms with Gasteiger partial charge in [-0.15, -0.1) is 0 Å². The van der Waals surface area contributed by atoms with Crippen molar-refractivity contribution in [1.29, 1.82) is 0 Å². The smallest absolute Gasteiger partial charge is 0.119 e. The summed E-state index contributed by atoms with van der Waals surface area (Å²) in [5.41, 5.74) is 1.51. The van der Waals surface area contributed by atoms with Crippen LogP contribution in [-0.4, -0.2) is 25.9 Å². The molecule has 120 valence electrons. The Morgan fingerprint density at radius 1 is 1.23 bits per heavy atom. The third-order valence-electron chi connectivity index (χ3n) is 5.42. The molecule has 3 heteroatoms. The van der Waals surface area contributed by atoms with E-state index in [1.165, 1.54) is 24.8 Å². The molecule has 4 unspecified atom stereocenters. The fourth-order valence-electron chi connectivity index (χ4n) is 4.12. The van der Waals surface area contributed by atoms with Gasteiger partial charge in [-0.25, -0.2) is 0 Å². The van der Waals surface area contributed by atoms with Crippen LogP contribution < -0.4 is 10.6 Å². The minimum atomic E-state index is 0.549. The van der Waals surface area contributed by atoms with E-state index in [0.29, 0.717) is 24.2 Å². The van der Waals surface area contributed by atoms with Gasteiger partial charge in [0.25, 0.3) is 0 Å². The second kappa shape index (κ2) is 7.77. The minimum absolute atomic E-state index is 0.549. The average molecular weight is 300 g/mol. The molecule has 0 aromatic carbocycles. The zero-order chi connectivity index (χ0) is 15.2. The van der Waals surface area contributed by atoms with Crippen molar-refractivity contribution in [2.24, 2.45) is 23.7 Å². The van der Waals surface area contributed by atoms with E-state index < -0.39 is 0 Å². The topological polar surface area (TPSA) is 41.1 Å². The molecule has 0 bridgehead atoms. The molecule has 0 saturated carbocycles. The highest BCUT2D eigenvalue weighted by Gasteiger charge is 2.29. The number of carbonyl (C=O) groups excluding carboxylic acids is 1. The first-order valence-electron chi connectivity index (χ1n) is 8.83. The van der Waals surface area contributed by atoms with Crippen molar-refractivity contribution in [3.63, 3.8) is 0 Å². The molecule has 0 radical (unpaired) electrons. The fraction of sp³-hybridized carbons (Fsp3) is 0.632. The fourth-order valence-corrected chi connectivity index (χ4v) is 4.12. The Bertz CT molecular complexity index is 466. The number of unbranched alkanes of at least 4 members (excludes halogenated alkanes) is 1. The third-order valence-corrected chi connectivity index (χ3v) is 5.42. The summed E-state index contributed by atoms with van der Waals surface area (Å²) in [5, 5.41) is 6.91. The number of nitrogens with one attached hydrogen (secondary N) is 2. The molecule has 22 heavy (non-hydrogen) atoms. The van der Waals surface area contributed by atoms with Crippen LogP contribution in [0.2, 0.25) is 0 Å². The Morgan fingerprint density at radius 2 is 2.18 bits per heavy atom. The van der Waals surface area contributed by atoms with E-state index in [9.17, 15) is 4.79 Å².